The van der Waals surface area contributed by atoms with E-state index < -0.39 is 17.8 Å². The van der Waals surface area contributed by atoms with E-state index in [-0.39, 0.29) is 11.7 Å². The second-order valence-corrected chi connectivity index (χ2v) is 7.43. The molecule has 2 aromatic rings. The molecule has 0 spiro atoms. The number of anilines is 1. The minimum absolute atomic E-state index is 0.255. The largest absolute Gasteiger partial charge is 0.481 e. The summed E-state index contributed by atoms with van der Waals surface area (Å²) >= 11 is 6.22. The van der Waals surface area contributed by atoms with E-state index in [1.165, 1.54) is 0 Å². The van der Waals surface area contributed by atoms with Crippen molar-refractivity contribution >= 4 is 29.3 Å². The Morgan fingerprint density at radius 2 is 1.81 bits per heavy atom. The summed E-state index contributed by atoms with van der Waals surface area (Å²) in [5.41, 5.74) is 3.16. The Morgan fingerprint density at radius 1 is 1.19 bits per heavy atom. The predicted octanol–water partition coefficient (Wildman–Crippen LogP) is 3.97. The highest BCUT2D eigenvalue weighted by molar-refractivity contribution is 6.33. The van der Waals surface area contributed by atoms with Crippen LogP contribution in [0.2, 0.25) is 5.02 Å². The van der Waals surface area contributed by atoms with Crippen LogP contribution in [-0.2, 0) is 16.1 Å². The Morgan fingerprint density at radius 3 is 2.44 bits per heavy atom. The third-order valence-corrected chi connectivity index (χ3v) is 5.34. The summed E-state index contributed by atoms with van der Waals surface area (Å²) in [6.45, 7) is 4.38. The van der Waals surface area contributed by atoms with Gasteiger partial charge in [-0.1, -0.05) is 53.1 Å². The van der Waals surface area contributed by atoms with Crippen LogP contribution in [0.25, 0.3) is 0 Å². The summed E-state index contributed by atoms with van der Waals surface area (Å²) in [5.74, 6) is -2.44. The Bertz CT molecular complexity index is 889. The average molecular weight is 388 g/mol. The Balaban J connectivity index is 1.74. The van der Waals surface area contributed by atoms with Gasteiger partial charge in [-0.25, -0.2) is 0 Å². The molecule has 3 rings (SSSR count). The van der Waals surface area contributed by atoms with Gasteiger partial charge in [-0.15, -0.1) is 0 Å². The number of aromatic nitrogens is 2. The number of carbonyl (C=O) groups excluding carboxylic acids is 1. The maximum atomic E-state index is 12.7. The van der Waals surface area contributed by atoms with Gasteiger partial charge in [0.1, 0.15) is 5.02 Å². The van der Waals surface area contributed by atoms with E-state index in [2.05, 4.69) is 10.4 Å². The third-order valence-electron chi connectivity index (χ3n) is 5.07. The zero-order valence-corrected chi connectivity index (χ0v) is 16.0. The van der Waals surface area contributed by atoms with Gasteiger partial charge in [-0.3, -0.25) is 14.3 Å². The van der Waals surface area contributed by atoms with Gasteiger partial charge < -0.3 is 10.4 Å². The number of halogens is 1. The lowest BCUT2D eigenvalue weighted by molar-refractivity contribution is -0.146. The highest BCUT2D eigenvalue weighted by Crippen LogP contribution is 2.35. The first-order chi connectivity index (χ1) is 12.8. The van der Waals surface area contributed by atoms with Crippen LogP contribution in [0.4, 0.5) is 5.82 Å². The molecule has 2 atom stereocenters. The number of carbonyl (C=O) groups is 2. The molecule has 0 unspecified atom stereocenters. The highest BCUT2D eigenvalue weighted by Gasteiger charge is 2.37. The van der Waals surface area contributed by atoms with Crippen molar-refractivity contribution in [3.63, 3.8) is 0 Å². The van der Waals surface area contributed by atoms with Gasteiger partial charge in [0, 0.05) is 6.20 Å². The second kappa shape index (κ2) is 7.96. The fraction of sp³-hybridized carbons (Fsp3) is 0.350. The van der Waals surface area contributed by atoms with E-state index in [0.29, 0.717) is 24.4 Å². The van der Waals surface area contributed by atoms with E-state index in [1.54, 1.807) is 10.9 Å². The molecule has 0 saturated heterocycles. The molecule has 142 valence electrons. The number of aliphatic carboxylic acids is 1. The number of benzene rings is 1. The van der Waals surface area contributed by atoms with Gasteiger partial charge in [-0.2, -0.15) is 5.10 Å². The first-order valence-corrected chi connectivity index (χ1v) is 9.18. The Kier molecular flexibility index (Phi) is 5.65. The van der Waals surface area contributed by atoms with Gasteiger partial charge in [0.15, 0.2) is 5.82 Å². The maximum absolute atomic E-state index is 12.7. The molecule has 7 heteroatoms. The molecule has 6 nitrogen and oxygen atoms in total. The number of rotatable bonds is 5. The van der Waals surface area contributed by atoms with Crippen molar-refractivity contribution in [1.29, 1.82) is 0 Å². The molecule has 0 aliphatic heterocycles. The molecule has 0 saturated carbocycles. The lowest BCUT2D eigenvalue weighted by atomic mass is 9.76. The van der Waals surface area contributed by atoms with Crippen molar-refractivity contribution in [2.24, 2.45) is 11.8 Å². The SMILES string of the molecule is CC1=C(C)C[C@H](C(=O)Nc2nn(Cc3ccccc3)cc2Cl)[C@@H](C(=O)O)C1. The van der Waals surface area contributed by atoms with Crippen LogP contribution in [0.1, 0.15) is 32.3 Å². The molecule has 1 aromatic heterocycles. The van der Waals surface area contributed by atoms with E-state index in [0.717, 1.165) is 16.7 Å². The van der Waals surface area contributed by atoms with Crippen LogP contribution in [0.15, 0.2) is 47.7 Å². The fourth-order valence-electron chi connectivity index (χ4n) is 3.37. The molecular formula is C20H22ClN3O3. The van der Waals surface area contributed by atoms with Crippen molar-refractivity contribution in [3.8, 4) is 0 Å². The topological polar surface area (TPSA) is 84.2 Å². The molecule has 0 bridgehead atoms. The third kappa shape index (κ3) is 4.39. The molecule has 0 fully saturated rings. The summed E-state index contributed by atoms with van der Waals surface area (Å²) in [6.07, 6.45) is 2.46. The van der Waals surface area contributed by atoms with Gasteiger partial charge in [0.2, 0.25) is 5.91 Å². The summed E-state index contributed by atoms with van der Waals surface area (Å²) in [7, 11) is 0. The molecule has 1 heterocycles. The van der Waals surface area contributed by atoms with Crippen LogP contribution in [0.3, 0.4) is 0 Å². The minimum Gasteiger partial charge on any atom is -0.481 e. The first kappa shape index (κ1) is 19.2. The quantitative estimate of drug-likeness (QED) is 0.760. The monoisotopic (exact) mass is 387 g/mol. The number of allylic oxidation sites excluding steroid dienone is 2. The van der Waals surface area contributed by atoms with Crippen molar-refractivity contribution in [1.82, 2.24) is 9.78 Å². The normalized spacial score (nSPS) is 19.8. The zero-order chi connectivity index (χ0) is 19.6. The fourth-order valence-corrected chi connectivity index (χ4v) is 3.57. The highest BCUT2D eigenvalue weighted by atomic mass is 35.5. The van der Waals surface area contributed by atoms with Crippen molar-refractivity contribution in [3.05, 3.63) is 58.3 Å². The van der Waals surface area contributed by atoms with Crippen LogP contribution in [-0.4, -0.2) is 26.8 Å². The van der Waals surface area contributed by atoms with E-state index >= 15 is 0 Å². The summed E-state index contributed by atoms with van der Waals surface area (Å²) in [5, 5.41) is 16.9. The molecule has 1 aromatic carbocycles. The lowest BCUT2D eigenvalue weighted by Gasteiger charge is -2.29. The first-order valence-electron chi connectivity index (χ1n) is 8.81. The van der Waals surface area contributed by atoms with Crippen LogP contribution in [0, 0.1) is 11.8 Å². The molecule has 27 heavy (non-hydrogen) atoms. The van der Waals surface area contributed by atoms with Gasteiger partial charge in [0.05, 0.1) is 18.4 Å². The maximum Gasteiger partial charge on any atom is 0.307 e. The molecule has 1 aliphatic carbocycles. The Hall–Kier alpha value is -2.60. The zero-order valence-electron chi connectivity index (χ0n) is 15.3. The average Bonchev–Trinajstić information content (AvgIpc) is 2.96. The summed E-state index contributed by atoms with van der Waals surface area (Å²) < 4.78 is 1.65. The number of hydrogen-bond acceptors (Lipinski definition) is 3. The Labute approximate surface area is 162 Å². The van der Waals surface area contributed by atoms with Crippen LogP contribution >= 0.6 is 11.6 Å². The molecule has 1 aliphatic rings. The summed E-state index contributed by atoms with van der Waals surface area (Å²) in [4.78, 5) is 24.3. The van der Waals surface area contributed by atoms with Gasteiger partial charge in [0.25, 0.3) is 0 Å². The number of nitrogens with one attached hydrogen (secondary N) is 1. The van der Waals surface area contributed by atoms with Crippen LogP contribution < -0.4 is 5.32 Å². The second-order valence-electron chi connectivity index (χ2n) is 7.02. The van der Waals surface area contributed by atoms with Crippen LogP contribution in [0.5, 0.6) is 0 Å². The number of nitrogens with zero attached hydrogens (tertiary/aromatic N) is 2. The van der Waals surface area contributed by atoms with E-state index in [1.807, 2.05) is 44.2 Å². The number of carboxylic acids is 1. The molecule has 2 N–H and O–H groups in total. The van der Waals surface area contributed by atoms with Crippen molar-refractivity contribution in [2.75, 3.05) is 5.32 Å². The summed E-state index contributed by atoms with van der Waals surface area (Å²) in [6, 6.07) is 9.77. The standard InChI is InChI=1S/C20H22ClN3O3/c1-12-8-15(16(20(26)27)9-13(12)2)19(25)22-18-17(21)11-24(23-18)10-14-6-4-3-5-7-14/h3-7,11,15-16H,8-10H2,1-2H3,(H,26,27)(H,22,23,25)/t15-,16-/m0/s1. The predicted molar refractivity (Wildman–Crippen MR) is 104 cm³/mol. The molecular weight excluding hydrogens is 366 g/mol. The molecule has 0 radical (unpaired) electrons. The lowest BCUT2D eigenvalue weighted by Crippen LogP contribution is -2.36. The van der Waals surface area contributed by atoms with Crippen molar-refractivity contribution < 1.29 is 14.7 Å². The minimum atomic E-state index is -0.956. The number of amides is 1. The number of carboxylic acid groups (broad SMARTS) is 1. The van der Waals surface area contributed by atoms with Gasteiger partial charge >= 0.3 is 5.97 Å². The number of hydrogen-bond donors (Lipinski definition) is 2. The molecule has 1 amide bonds. The van der Waals surface area contributed by atoms with Crippen molar-refractivity contribution in [2.45, 2.75) is 33.2 Å². The van der Waals surface area contributed by atoms with E-state index in [9.17, 15) is 14.7 Å². The smallest absolute Gasteiger partial charge is 0.307 e. The van der Waals surface area contributed by atoms with E-state index in [4.69, 9.17) is 11.6 Å². The van der Waals surface area contributed by atoms with Gasteiger partial charge in [-0.05, 0) is 32.3 Å².